The highest BCUT2D eigenvalue weighted by atomic mass is 79.9. The SMILES string of the molecule is CC(c1nc(-c2ccccc2)no1)N1CCN(Cc2ccc(F)c(Br)c2)CC1. The van der Waals surface area contributed by atoms with Crippen LogP contribution in [0, 0.1) is 5.82 Å². The Morgan fingerprint density at radius 3 is 2.57 bits per heavy atom. The molecule has 1 aliphatic heterocycles. The molecule has 1 fully saturated rings. The third-order valence-corrected chi connectivity index (χ3v) is 5.78. The number of hydrogen-bond donors (Lipinski definition) is 0. The predicted molar refractivity (Wildman–Crippen MR) is 109 cm³/mol. The number of benzene rings is 2. The van der Waals surface area contributed by atoms with E-state index in [1.807, 2.05) is 42.5 Å². The van der Waals surface area contributed by atoms with Crippen LogP contribution in [0.5, 0.6) is 0 Å². The van der Waals surface area contributed by atoms with Crippen LogP contribution in [-0.2, 0) is 6.54 Å². The van der Waals surface area contributed by atoms with E-state index in [1.165, 1.54) is 6.07 Å². The second-order valence-electron chi connectivity index (χ2n) is 7.06. The Balaban J connectivity index is 1.34. The molecule has 4 rings (SSSR count). The lowest BCUT2D eigenvalue weighted by atomic mass is 10.1. The molecule has 0 aliphatic carbocycles. The third-order valence-electron chi connectivity index (χ3n) is 5.18. The van der Waals surface area contributed by atoms with E-state index < -0.39 is 0 Å². The van der Waals surface area contributed by atoms with Crippen LogP contribution in [-0.4, -0.2) is 46.1 Å². The molecule has 1 saturated heterocycles. The van der Waals surface area contributed by atoms with Crippen molar-refractivity contribution < 1.29 is 8.91 Å². The van der Waals surface area contributed by atoms with E-state index in [2.05, 4.69) is 42.8 Å². The molecule has 0 spiro atoms. The quantitative estimate of drug-likeness (QED) is 0.578. The lowest BCUT2D eigenvalue weighted by Crippen LogP contribution is -2.46. The number of piperazine rings is 1. The van der Waals surface area contributed by atoms with Crippen LogP contribution in [0.1, 0.15) is 24.4 Å². The molecule has 1 unspecified atom stereocenters. The summed E-state index contributed by atoms with van der Waals surface area (Å²) in [5.41, 5.74) is 2.07. The first-order valence-electron chi connectivity index (χ1n) is 9.39. The first-order valence-corrected chi connectivity index (χ1v) is 10.2. The second-order valence-corrected chi connectivity index (χ2v) is 7.91. The van der Waals surface area contributed by atoms with Gasteiger partial charge in [-0.2, -0.15) is 4.98 Å². The van der Waals surface area contributed by atoms with Gasteiger partial charge in [0.25, 0.3) is 0 Å². The first-order chi connectivity index (χ1) is 13.6. The lowest BCUT2D eigenvalue weighted by molar-refractivity contribution is 0.0845. The summed E-state index contributed by atoms with van der Waals surface area (Å²) in [5, 5.41) is 4.13. The van der Waals surface area contributed by atoms with Gasteiger partial charge in [-0.15, -0.1) is 0 Å². The van der Waals surface area contributed by atoms with Gasteiger partial charge >= 0.3 is 0 Å². The summed E-state index contributed by atoms with van der Waals surface area (Å²) in [4.78, 5) is 9.33. The molecule has 0 N–H and O–H groups in total. The number of rotatable bonds is 5. The average molecular weight is 445 g/mol. The Hall–Kier alpha value is -2.09. The van der Waals surface area contributed by atoms with E-state index >= 15 is 0 Å². The van der Waals surface area contributed by atoms with Gasteiger partial charge in [-0.05, 0) is 40.5 Å². The lowest BCUT2D eigenvalue weighted by Gasteiger charge is -2.36. The molecule has 28 heavy (non-hydrogen) atoms. The van der Waals surface area contributed by atoms with Crippen LogP contribution < -0.4 is 0 Å². The monoisotopic (exact) mass is 444 g/mol. The van der Waals surface area contributed by atoms with E-state index in [9.17, 15) is 4.39 Å². The summed E-state index contributed by atoms with van der Waals surface area (Å²) in [5.74, 6) is 1.05. The average Bonchev–Trinajstić information content (AvgIpc) is 3.22. The van der Waals surface area contributed by atoms with Crippen LogP contribution in [0.2, 0.25) is 0 Å². The van der Waals surface area contributed by atoms with Gasteiger partial charge in [-0.25, -0.2) is 4.39 Å². The molecule has 0 amide bonds. The van der Waals surface area contributed by atoms with Gasteiger partial charge in [-0.3, -0.25) is 9.80 Å². The zero-order valence-electron chi connectivity index (χ0n) is 15.7. The minimum Gasteiger partial charge on any atom is -0.337 e. The molecule has 5 nitrogen and oxygen atoms in total. The summed E-state index contributed by atoms with van der Waals surface area (Å²) in [6.45, 7) is 6.66. The summed E-state index contributed by atoms with van der Waals surface area (Å²) in [7, 11) is 0. The van der Waals surface area contributed by atoms with Crippen LogP contribution >= 0.6 is 15.9 Å². The van der Waals surface area contributed by atoms with Crippen LogP contribution in [0.4, 0.5) is 4.39 Å². The molecule has 2 heterocycles. The summed E-state index contributed by atoms with van der Waals surface area (Å²) < 4.78 is 19.4. The van der Waals surface area contributed by atoms with Gasteiger partial charge in [0.05, 0.1) is 10.5 Å². The normalized spacial score (nSPS) is 17.0. The Morgan fingerprint density at radius 2 is 1.86 bits per heavy atom. The fourth-order valence-corrected chi connectivity index (χ4v) is 3.90. The van der Waals surface area contributed by atoms with Crippen LogP contribution in [0.25, 0.3) is 11.4 Å². The highest BCUT2D eigenvalue weighted by Gasteiger charge is 2.26. The van der Waals surface area contributed by atoms with E-state index in [1.54, 1.807) is 0 Å². The van der Waals surface area contributed by atoms with E-state index in [-0.39, 0.29) is 11.9 Å². The van der Waals surface area contributed by atoms with E-state index in [0.717, 1.165) is 43.9 Å². The summed E-state index contributed by atoms with van der Waals surface area (Å²) in [6.07, 6.45) is 0. The van der Waals surface area contributed by atoms with Crippen molar-refractivity contribution in [3.63, 3.8) is 0 Å². The molecule has 1 aliphatic rings. The molecule has 0 radical (unpaired) electrons. The third kappa shape index (κ3) is 4.32. The number of halogens is 2. The Bertz CT molecular complexity index is 925. The van der Waals surface area contributed by atoms with E-state index in [0.29, 0.717) is 16.2 Å². The molecule has 3 aromatic rings. The summed E-state index contributed by atoms with van der Waals surface area (Å²) in [6, 6.07) is 15.1. The Labute approximate surface area is 172 Å². The van der Waals surface area contributed by atoms with Gasteiger partial charge in [-0.1, -0.05) is 41.6 Å². The van der Waals surface area contributed by atoms with Gasteiger partial charge in [0, 0.05) is 38.3 Å². The standard InChI is InChI=1S/C21H22BrFN4O/c1-15(21-24-20(25-28-21)17-5-3-2-4-6-17)27-11-9-26(10-12-27)14-16-7-8-19(23)18(22)13-16/h2-8,13,15H,9-12,14H2,1H3. The van der Waals surface area contributed by atoms with Crippen molar-refractivity contribution in [1.82, 2.24) is 19.9 Å². The molecule has 0 bridgehead atoms. The maximum Gasteiger partial charge on any atom is 0.244 e. The number of hydrogen-bond acceptors (Lipinski definition) is 5. The van der Waals surface area contributed by atoms with Gasteiger partial charge in [0.15, 0.2) is 0 Å². The fraction of sp³-hybridized carbons (Fsp3) is 0.333. The maximum absolute atomic E-state index is 13.4. The predicted octanol–water partition coefficient (Wildman–Crippen LogP) is 4.52. The van der Waals surface area contributed by atoms with Crippen molar-refractivity contribution in [2.45, 2.75) is 19.5 Å². The Morgan fingerprint density at radius 1 is 1.11 bits per heavy atom. The molecule has 2 aromatic carbocycles. The topological polar surface area (TPSA) is 45.4 Å². The molecule has 1 aromatic heterocycles. The van der Waals surface area contributed by atoms with Gasteiger partial charge < -0.3 is 4.52 Å². The Kier molecular flexibility index (Phi) is 5.85. The van der Waals surface area contributed by atoms with Crippen molar-refractivity contribution >= 4 is 15.9 Å². The van der Waals surface area contributed by atoms with Gasteiger partial charge in [0.2, 0.25) is 11.7 Å². The fourth-order valence-electron chi connectivity index (χ4n) is 3.47. The second kappa shape index (κ2) is 8.51. The highest BCUT2D eigenvalue weighted by molar-refractivity contribution is 9.10. The minimum absolute atomic E-state index is 0.0760. The first kappa shape index (κ1) is 19.2. The molecular formula is C21H22BrFN4O. The highest BCUT2D eigenvalue weighted by Crippen LogP contribution is 2.24. The summed E-state index contributed by atoms with van der Waals surface area (Å²) >= 11 is 3.26. The largest absolute Gasteiger partial charge is 0.337 e. The van der Waals surface area contributed by atoms with Crippen molar-refractivity contribution in [2.24, 2.45) is 0 Å². The van der Waals surface area contributed by atoms with Crippen molar-refractivity contribution in [3.05, 3.63) is 70.3 Å². The van der Waals surface area contributed by atoms with Crippen molar-refractivity contribution in [3.8, 4) is 11.4 Å². The van der Waals surface area contributed by atoms with Crippen LogP contribution in [0.3, 0.4) is 0 Å². The number of aromatic nitrogens is 2. The zero-order valence-corrected chi connectivity index (χ0v) is 17.3. The minimum atomic E-state index is -0.225. The molecule has 146 valence electrons. The molecule has 1 atom stereocenters. The van der Waals surface area contributed by atoms with Crippen molar-refractivity contribution in [2.75, 3.05) is 26.2 Å². The molecular weight excluding hydrogens is 423 g/mol. The number of nitrogens with zero attached hydrogens (tertiary/aromatic N) is 4. The molecule has 0 saturated carbocycles. The van der Waals surface area contributed by atoms with Gasteiger partial charge in [0.1, 0.15) is 5.82 Å². The maximum atomic E-state index is 13.4. The van der Waals surface area contributed by atoms with Crippen LogP contribution in [0.15, 0.2) is 57.5 Å². The smallest absolute Gasteiger partial charge is 0.244 e. The van der Waals surface area contributed by atoms with Crippen molar-refractivity contribution in [1.29, 1.82) is 0 Å². The molecule has 7 heteroatoms. The van der Waals surface area contributed by atoms with E-state index in [4.69, 9.17) is 4.52 Å². The zero-order chi connectivity index (χ0) is 19.5.